The fourth-order valence-corrected chi connectivity index (χ4v) is 1.53. The molecule has 3 nitrogen and oxygen atoms in total. The average Bonchev–Trinajstić information content (AvgIpc) is 2.60. The molecule has 1 N–H and O–H groups in total. The molecule has 1 heterocycles. The third kappa shape index (κ3) is 1.73. The molecule has 1 fully saturated rings. The van der Waals surface area contributed by atoms with Gasteiger partial charge in [0.1, 0.15) is 0 Å². The average molecular weight is 233 g/mol. The van der Waals surface area contributed by atoms with E-state index in [1.165, 1.54) is 6.08 Å². The Balaban J connectivity index is 2.05. The standard InChI is InChI=1S/C10H10F3NO2/c11-10(12,13)9(5-16-6-9)14-8(15)7-3-1-2-4-7/h1-3H,4-6H2,(H,14,15). The summed E-state index contributed by atoms with van der Waals surface area (Å²) >= 11 is 0. The molecule has 16 heavy (non-hydrogen) atoms. The Labute approximate surface area is 90.0 Å². The Morgan fingerprint density at radius 3 is 2.50 bits per heavy atom. The zero-order chi connectivity index (χ0) is 11.8. The van der Waals surface area contributed by atoms with Crippen molar-refractivity contribution in [3.8, 4) is 0 Å². The maximum atomic E-state index is 12.7. The van der Waals surface area contributed by atoms with Crippen molar-refractivity contribution in [2.45, 2.75) is 18.1 Å². The molecular weight excluding hydrogens is 223 g/mol. The molecule has 1 saturated heterocycles. The zero-order valence-corrected chi connectivity index (χ0v) is 8.30. The van der Waals surface area contributed by atoms with Gasteiger partial charge in [-0.15, -0.1) is 0 Å². The maximum absolute atomic E-state index is 12.7. The van der Waals surface area contributed by atoms with Crippen LogP contribution in [0, 0.1) is 0 Å². The molecule has 0 unspecified atom stereocenters. The van der Waals surface area contributed by atoms with Crippen molar-refractivity contribution in [2.24, 2.45) is 0 Å². The highest BCUT2D eigenvalue weighted by molar-refractivity contribution is 5.95. The number of carbonyl (C=O) groups is 1. The first-order chi connectivity index (χ1) is 7.45. The van der Waals surface area contributed by atoms with Crippen LogP contribution in [-0.4, -0.2) is 30.8 Å². The van der Waals surface area contributed by atoms with E-state index >= 15 is 0 Å². The second-order valence-corrected chi connectivity index (χ2v) is 3.85. The van der Waals surface area contributed by atoms with E-state index in [-0.39, 0.29) is 0 Å². The van der Waals surface area contributed by atoms with Gasteiger partial charge in [0.2, 0.25) is 5.91 Å². The molecule has 0 radical (unpaired) electrons. The van der Waals surface area contributed by atoms with Gasteiger partial charge in [0.05, 0.1) is 13.2 Å². The van der Waals surface area contributed by atoms with Crippen molar-refractivity contribution in [1.29, 1.82) is 0 Å². The van der Waals surface area contributed by atoms with Gasteiger partial charge in [0.25, 0.3) is 0 Å². The summed E-state index contributed by atoms with van der Waals surface area (Å²) in [7, 11) is 0. The van der Waals surface area contributed by atoms with Crippen LogP contribution < -0.4 is 5.32 Å². The Bertz CT molecular complexity index is 367. The fourth-order valence-electron chi connectivity index (χ4n) is 1.53. The van der Waals surface area contributed by atoms with Gasteiger partial charge in [0.15, 0.2) is 5.54 Å². The van der Waals surface area contributed by atoms with E-state index in [0.29, 0.717) is 12.0 Å². The van der Waals surface area contributed by atoms with Crippen LogP contribution in [0.5, 0.6) is 0 Å². The lowest BCUT2D eigenvalue weighted by molar-refractivity contribution is -0.265. The van der Waals surface area contributed by atoms with Crippen LogP contribution in [0.25, 0.3) is 0 Å². The minimum absolute atomic E-state index is 0.343. The molecule has 0 aromatic heterocycles. The van der Waals surface area contributed by atoms with Crippen molar-refractivity contribution in [2.75, 3.05) is 13.2 Å². The first-order valence-electron chi connectivity index (χ1n) is 4.77. The Morgan fingerprint density at radius 1 is 1.44 bits per heavy atom. The largest absolute Gasteiger partial charge is 0.416 e. The summed E-state index contributed by atoms with van der Waals surface area (Å²) in [5, 5.41) is 2.01. The molecule has 1 amide bonds. The highest BCUT2D eigenvalue weighted by atomic mass is 19.4. The number of amides is 1. The summed E-state index contributed by atoms with van der Waals surface area (Å²) < 4.78 is 42.6. The van der Waals surface area contributed by atoms with Gasteiger partial charge < -0.3 is 10.1 Å². The number of alkyl halides is 3. The van der Waals surface area contributed by atoms with E-state index < -0.39 is 30.8 Å². The van der Waals surface area contributed by atoms with Crippen LogP contribution >= 0.6 is 0 Å². The van der Waals surface area contributed by atoms with E-state index in [9.17, 15) is 18.0 Å². The Kier molecular flexibility index (Phi) is 2.53. The van der Waals surface area contributed by atoms with Crippen LogP contribution in [-0.2, 0) is 9.53 Å². The van der Waals surface area contributed by atoms with Crippen molar-refractivity contribution in [3.05, 3.63) is 23.8 Å². The lowest BCUT2D eigenvalue weighted by atomic mass is 9.96. The van der Waals surface area contributed by atoms with E-state index in [2.05, 4.69) is 4.74 Å². The molecule has 1 aliphatic heterocycles. The number of hydrogen-bond donors (Lipinski definition) is 1. The lowest BCUT2D eigenvalue weighted by Gasteiger charge is -2.42. The van der Waals surface area contributed by atoms with Crippen molar-refractivity contribution < 1.29 is 22.7 Å². The lowest BCUT2D eigenvalue weighted by Crippen LogP contribution is -2.70. The van der Waals surface area contributed by atoms with E-state index in [1.54, 1.807) is 12.2 Å². The topological polar surface area (TPSA) is 38.3 Å². The number of halogens is 3. The predicted molar refractivity (Wildman–Crippen MR) is 49.6 cm³/mol. The van der Waals surface area contributed by atoms with Gasteiger partial charge in [-0.3, -0.25) is 4.79 Å². The highest BCUT2D eigenvalue weighted by Crippen LogP contribution is 2.36. The third-order valence-electron chi connectivity index (χ3n) is 2.66. The number of nitrogens with one attached hydrogen (secondary N) is 1. The first kappa shape index (κ1) is 11.2. The zero-order valence-electron chi connectivity index (χ0n) is 8.30. The van der Waals surface area contributed by atoms with Gasteiger partial charge in [-0.05, 0) is 6.42 Å². The molecule has 1 aliphatic carbocycles. The molecule has 88 valence electrons. The predicted octanol–water partition coefficient (Wildman–Crippen LogP) is 1.32. The van der Waals surface area contributed by atoms with Crippen LogP contribution in [0.1, 0.15) is 6.42 Å². The van der Waals surface area contributed by atoms with Gasteiger partial charge in [-0.25, -0.2) is 0 Å². The smallest absolute Gasteiger partial charge is 0.376 e. The van der Waals surface area contributed by atoms with E-state index in [4.69, 9.17) is 0 Å². The Morgan fingerprint density at radius 2 is 2.12 bits per heavy atom. The number of allylic oxidation sites excluding steroid dienone is 3. The number of carbonyl (C=O) groups excluding carboxylic acids is 1. The van der Waals surface area contributed by atoms with Crippen molar-refractivity contribution in [1.82, 2.24) is 5.32 Å². The maximum Gasteiger partial charge on any atom is 0.416 e. The molecule has 0 saturated carbocycles. The van der Waals surface area contributed by atoms with Crippen molar-refractivity contribution >= 4 is 5.91 Å². The molecule has 2 aliphatic rings. The minimum atomic E-state index is -4.48. The molecule has 0 aromatic rings. The number of hydrogen-bond acceptors (Lipinski definition) is 2. The van der Waals surface area contributed by atoms with Crippen LogP contribution in [0.2, 0.25) is 0 Å². The first-order valence-corrected chi connectivity index (χ1v) is 4.77. The molecule has 0 aromatic carbocycles. The van der Waals surface area contributed by atoms with Gasteiger partial charge in [-0.1, -0.05) is 18.2 Å². The number of rotatable bonds is 2. The van der Waals surface area contributed by atoms with Gasteiger partial charge >= 0.3 is 6.18 Å². The highest BCUT2D eigenvalue weighted by Gasteiger charge is 2.61. The summed E-state index contributed by atoms with van der Waals surface area (Å²) in [5.74, 6) is -0.675. The van der Waals surface area contributed by atoms with E-state index in [1.807, 2.05) is 5.32 Å². The molecule has 6 heteroatoms. The van der Waals surface area contributed by atoms with Crippen LogP contribution in [0.3, 0.4) is 0 Å². The quantitative estimate of drug-likeness (QED) is 0.781. The molecular formula is C10H10F3NO2. The van der Waals surface area contributed by atoms with Gasteiger partial charge in [-0.2, -0.15) is 13.2 Å². The number of ether oxygens (including phenoxy) is 1. The third-order valence-corrected chi connectivity index (χ3v) is 2.66. The molecule has 0 spiro atoms. The summed E-state index contributed by atoms with van der Waals surface area (Å²) in [6, 6.07) is 0. The summed E-state index contributed by atoms with van der Waals surface area (Å²) in [5.41, 5.74) is -1.86. The SMILES string of the molecule is O=C(NC1(C(F)(F)F)COC1)C1=CC=CC1. The minimum Gasteiger partial charge on any atom is -0.376 e. The summed E-state index contributed by atoms with van der Waals surface area (Å²) in [6.45, 7) is -1.02. The Hall–Kier alpha value is -1.30. The summed E-state index contributed by atoms with van der Waals surface area (Å²) in [4.78, 5) is 11.5. The van der Waals surface area contributed by atoms with Crippen LogP contribution in [0.15, 0.2) is 23.8 Å². The fraction of sp³-hybridized carbons (Fsp3) is 0.500. The van der Waals surface area contributed by atoms with Crippen molar-refractivity contribution in [3.63, 3.8) is 0 Å². The molecule has 0 atom stereocenters. The van der Waals surface area contributed by atoms with E-state index in [0.717, 1.165) is 0 Å². The monoisotopic (exact) mass is 233 g/mol. The molecule has 2 rings (SSSR count). The second kappa shape index (κ2) is 3.62. The second-order valence-electron chi connectivity index (χ2n) is 3.85. The van der Waals surface area contributed by atoms with Crippen LogP contribution in [0.4, 0.5) is 13.2 Å². The summed E-state index contributed by atoms with van der Waals surface area (Å²) in [6.07, 6.45) is 0.770. The normalized spacial score (nSPS) is 22.6. The molecule has 0 bridgehead atoms. The van der Waals surface area contributed by atoms with Gasteiger partial charge in [0, 0.05) is 5.57 Å².